The van der Waals surface area contributed by atoms with E-state index in [4.69, 9.17) is 9.47 Å². The molecule has 1 saturated heterocycles. The molecule has 0 saturated carbocycles. The first-order valence-electron chi connectivity index (χ1n) is 33.5. The van der Waals surface area contributed by atoms with Crippen molar-refractivity contribution in [2.24, 2.45) is 0 Å². The summed E-state index contributed by atoms with van der Waals surface area (Å²) in [7, 11) is 0. The van der Waals surface area contributed by atoms with Crippen molar-refractivity contribution in [3.8, 4) is 0 Å². The summed E-state index contributed by atoms with van der Waals surface area (Å²) < 4.78 is 11.3. The second-order valence-electron chi connectivity index (χ2n) is 23.3. The third kappa shape index (κ3) is 46.5. The normalized spacial score (nSPS) is 19.0. The Balaban J connectivity index is 2.18. The molecule has 9 heteroatoms. The first-order chi connectivity index (χ1) is 38.3. The lowest BCUT2D eigenvalue weighted by molar-refractivity contribution is -0.302. The van der Waals surface area contributed by atoms with Crippen LogP contribution in [0.2, 0.25) is 0 Å². The van der Waals surface area contributed by atoms with Gasteiger partial charge in [-0.3, -0.25) is 4.79 Å². The van der Waals surface area contributed by atoms with E-state index in [0.717, 1.165) is 51.4 Å². The number of hydrogen-bond acceptors (Lipinski definition) is 8. The highest BCUT2D eigenvalue weighted by Gasteiger charge is 2.44. The number of allylic oxidation sites excluding steroid dienone is 9. The number of unbranched alkanes of at least 4 members (excludes halogenated alkanes) is 40. The molecule has 0 aromatic heterocycles. The van der Waals surface area contributed by atoms with E-state index in [1.54, 1.807) is 6.08 Å². The summed E-state index contributed by atoms with van der Waals surface area (Å²) in [6.45, 7) is 3.79. The average molecular weight is 1100 g/mol. The van der Waals surface area contributed by atoms with Crippen LogP contribution in [0.25, 0.3) is 0 Å². The van der Waals surface area contributed by atoms with Gasteiger partial charge in [-0.25, -0.2) is 0 Å². The maximum absolute atomic E-state index is 13.1. The third-order valence-electron chi connectivity index (χ3n) is 15.8. The smallest absolute Gasteiger partial charge is 0.220 e. The lowest BCUT2D eigenvalue weighted by atomic mass is 9.99. The molecule has 1 heterocycles. The van der Waals surface area contributed by atoms with E-state index in [1.165, 1.54) is 244 Å². The van der Waals surface area contributed by atoms with E-state index >= 15 is 0 Å². The van der Waals surface area contributed by atoms with Crippen LogP contribution in [-0.2, 0) is 14.3 Å². The van der Waals surface area contributed by atoms with Gasteiger partial charge in [-0.1, -0.05) is 299 Å². The van der Waals surface area contributed by atoms with Gasteiger partial charge in [0.2, 0.25) is 5.91 Å². The lowest BCUT2D eigenvalue weighted by Crippen LogP contribution is -2.60. The van der Waals surface area contributed by atoms with Crippen LogP contribution >= 0.6 is 0 Å². The second kappa shape index (κ2) is 58.1. The standard InChI is InChI=1S/C69H127NO8/c1-3-5-7-9-11-13-15-17-19-21-23-25-27-29-31-33-34-36-38-40-42-44-46-48-50-52-54-56-58-63(72)62(61-77-69-68(76)67(75)66(74)64(60-71)78-69)70-65(73)59-57-55-53-51-49-47-45-43-41-39-37-35-32-30-28-26-24-22-20-18-16-14-12-10-8-6-4-2/h16,18,22,24,28,30,48,50,56,58,62-64,66-69,71-72,74-76H,3-15,17,19-21,23,25-27,29,31-47,49,51-55,57,59-61H2,1-2H3,(H,70,73)/b18-16-,24-22-,30-28-,50-48+,58-56+. The van der Waals surface area contributed by atoms with Crippen molar-refractivity contribution in [1.29, 1.82) is 0 Å². The minimum Gasteiger partial charge on any atom is -0.394 e. The van der Waals surface area contributed by atoms with Crippen LogP contribution in [0.3, 0.4) is 0 Å². The Morgan fingerprint density at radius 3 is 1.17 bits per heavy atom. The van der Waals surface area contributed by atoms with Crippen LogP contribution < -0.4 is 5.32 Å². The summed E-state index contributed by atoms with van der Waals surface area (Å²) in [5.74, 6) is -0.186. The molecule has 7 unspecified atom stereocenters. The first kappa shape index (κ1) is 73.9. The molecule has 1 amide bonds. The second-order valence-corrected chi connectivity index (χ2v) is 23.3. The van der Waals surface area contributed by atoms with Gasteiger partial charge < -0.3 is 40.3 Å². The molecular formula is C69H127NO8. The Labute approximate surface area is 481 Å². The van der Waals surface area contributed by atoms with Gasteiger partial charge in [0.1, 0.15) is 24.4 Å². The summed E-state index contributed by atoms with van der Waals surface area (Å²) in [5, 5.41) is 54.7. The predicted molar refractivity (Wildman–Crippen MR) is 332 cm³/mol. The van der Waals surface area contributed by atoms with Gasteiger partial charge >= 0.3 is 0 Å². The van der Waals surface area contributed by atoms with Crippen LogP contribution in [0.1, 0.15) is 316 Å². The summed E-state index contributed by atoms with van der Waals surface area (Å²) in [4.78, 5) is 13.1. The summed E-state index contributed by atoms with van der Waals surface area (Å²) >= 11 is 0. The van der Waals surface area contributed by atoms with Crippen molar-refractivity contribution in [2.75, 3.05) is 13.2 Å². The number of carbonyl (C=O) groups excluding carboxylic acids is 1. The van der Waals surface area contributed by atoms with Crippen LogP contribution in [0.15, 0.2) is 60.8 Å². The molecule has 7 atom stereocenters. The average Bonchev–Trinajstić information content (AvgIpc) is 3.45. The fraction of sp³-hybridized carbons (Fsp3) is 0.841. The molecule has 0 aliphatic carbocycles. The highest BCUT2D eigenvalue weighted by Crippen LogP contribution is 2.23. The van der Waals surface area contributed by atoms with Crippen LogP contribution in [-0.4, -0.2) is 87.5 Å². The Morgan fingerprint density at radius 2 is 0.769 bits per heavy atom. The number of aliphatic hydroxyl groups is 5. The summed E-state index contributed by atoms with van der Waals surface area (Å²) in [6.07, 6.45) is 73.1. The largest absolute Gasteiger partial charge is 0.394 e. The van der Waals surface area contributed by atoms with E-state index in [-0.39, 0.29) is 12.5 Å². The molecule has 6 N–H and O–H groups in total. The Morgan fingerprint density at radius 1 is 0.436 bits per heavy atom. The molecule has 1 fully saturated rings. The Bertz CT molecular complexity index is 1410. The number of aliphatic hydroxyl groups excluding tert-OH is 5. The molecule has 0 spiro atoms. The maximum atomic E-state index is 13.1. The van der Waals surface area contributed by atoms with Crippen molar-refractivity contribution >= 4 is 5.91 Å². The quantitative estimate of drug-likeness (QED) is 0.0261. The molecule has 1 aliphatic heterocycles. The zero-order valence-electron chi connectivity index (χ0n) is 50.9. The highest BCUT2D eigenvalue weighted by molar-refractivity contribution is 5.76. The van der Waals surface area contributed by atoms with E-state index < -0.39 is 49.5 Å². The van der Waals surface area contributed by atoms with Gasteiger partial charge in [-0.15, -0.1) is 0 Å². The van der Waals surface area contributed by atoms with E-state index in [0.29, 0.717) is 6.42 Å². The monoisotopic (exact) mass is 1100 g/mol. The number of hydrogen-bond donors (Lipinski definition) is 6. The van der Waals surface area contributed by atoms with Crippen molar-refractivity contribution < 1.29 is 39.8 Å². The van der Waals surface area contributed by atoms with Crippen molar-refractivity contribution in [1.82, 2.24) is 5.32 Å². The van der Waals surface area contributed by atoms with Crippen LogP contribution in [0.4, 0.5) is 0 Å². The summed E-state index contributed by atoms with van der Waals surface area (Å²) in [5.41, 5.74) is 0. The molecule has 0 aromatic rings. The molecule has 78 heavy (non-hydrogen) atoms. The molecule has 456 valence electrons. The van der Waals surface area contributed by atoms with E-state index in [2.05, 4.69) is 67.8 Å². The fourth-order valence-electron chi connectivity index (χ4n) is 10.5. The zero-order valence-corrected chi connectivity index (χ0v) is 50.9. The molecule has 1 rings (SSSR count). The topological polar surface area (TPSA) is 149 Å². The van der Waals surface area contributed by atoms with Gasteiger partial charge in [0.15, 0.2) is 6.29 Å². The van der Waals surface area contributed by atoms with Crippen LogP contribution in [0, 0.1) is 0 Å². The van der Waals surface area contributed by atoms with Crippen molar-refractivity contribution in [3.05, 3.63) is 60.8 Å². The molecule has 0 bridgehead atoms. The predicted octanol–water partition coefficient (Wildman–Crippen LogP) is 17.8. The van der Waals surface area contributed by atoms with E-state index in [1.807, 2.05) is 6.08 Å². The number of nitrogens with one attached hydrogen (secondary N) is 1. The van der Waals surface area contributed by atoms with E-state index in [9.17, 15) is 30.3 Å². The number of ether oxygens (including phenoxy) is 2. The molecular weight excluding hydrogens is 971 g/mol. The van der Waals surface area contributed by atoms with Crippen LogP contribution in [0.5, 0.6) is 0 Å². The minimum atomic E-state index is -1.58. The highest BCUT2D eigenvalue weighted by atomic mass is 16.7. The zero-order chi connectivity index (χ0) is 56.5. The minimum absolute atomic E-state index is 0.186. The Hall–Kier alpha value is -2.11. The fourth-order valence-corrected chi connectivity index (χ4v) is 10.5. The molecule has 1 aliphatic rings. The Kier molecular flexibility index (Phi) is 55.0. The molecule has 9 nitrogen and oxygen atoms in total. The summed E-state index contributed by atoms with van der Waals surface area (Å²) in [6, 6.07) is -0.827. The van der Waals surface area contributed by atoms with Crippen molar-refractivity contribution in [2.45, 2.75) is 358 Å². The SMILES string of the molecule is CCCCCCC/C=C\C/C=C\C/C=C\CCCCCCCCCCCCCCC(=O)NC(COC1OC(CO)C(O)C(O)C1O)C(O)/C=C/CC/C=C/CCCCCCCCCCCCCCCCCCCCCCCC. The number of carbonyl (C=O) groups is 1. The maximum Gasteiger partial charge on any atom is 0.220 e. The third-order valence-corrected chi connectivity index (χ3v) is 15.8. The molecule has 0 aromatic carbocycles. The number of amides is 1. The van der Waals surface area contributed by atoms with Gasteiger partial charge in [-0.05, 0) is 70.6 Å². The van der Waals surface area contributed by atoms with Crippen molar-refractivity contribution in [3.63, 3.8) is 0 Å². The van der Waals surface area contributed by atoms with Gasteiger partial charge in [-0.2, -0.15) is 0 Å². The first-order valence-corrected chi connectivity index (χ1v) is 33.5. The van der Waals surface area contributed by atoms with Gasteiger partial charge in [0, 0.05) is 6.42 Å². The lowest BCUT2D eigenvalue weighted by Gasteiger charge is -2.40. The van der Waals surface area contributed by atoms with Gasteiger partial charge in [0.25, 0.3) is 0 Å². The number of rotatable bonds is 58. The molecule has 0 radical (unpaired) electrons. The van der Waals surface area contributed by atoms with Gasteiger partial charge in [0.05, 0.1) is 25.4 Å².